The topological polar surface area (TPSA) is 85.3 Å². The maximum absolute atomic E-state index is 11.1. The maximum atomic E-state index is 11.1. The number of primary sulfonamides is 1. The van der Waals surface area contributed by atoms with Gasteiger partial charge in [0.1, 0.15) is 11.5 Å². The van der Waals surface area contributed by atoms with Crippen LogP contribution in [0.3, 0.4) is 0 Å². The standard InChI is InChI=1S/C13H16N2O3S2/c1-19-9-12-5-4-11(18-12)8-15-10-2-6-13(7-3-10)20(14,16)17/h2-7,15H,8-9H2,1H3,(H2,14,16,17). The molecule has 2 rings (SSSR count). The van der Waals surface area contributed by atoms with Gasteiger partial charge in [0.05, 0.1) is 17.2 Å². The summed E-state index contributed by atoms with van der Waals surface area (Å²) in [6.07, 6.45) is 2.02. The lowest BCUT2D eigenvalue weighted by molar-refractivity contribution is 0.487. The summed E-state index contributed by atoms with van der Waals surface area (Å²) in [6.45, 7) is 0.545. The van der Waals surface area contributed by atoms with Crippen molar-refractivity contribution in [2.24, 2.45) is 5.14 Å². The highest BCUT2D eigenvalue weighted by Gasteiger charge is 2.07. The fourth-order valence-electron chi connectivity index (χ4n) is 1.69. The van der Waals surface area contributed by atoms with Crippen LogP contribution >= 0.6 is 11.8 Å². The Hall–Kier alpha value is -1.44. The van der Waals surface area contributed by atoms with Crippen LogP contribution in [-0.4, -0.2) is 14.7 Å². The molecule has 0 amide bonds. The molecule has 1 aromatic heterocycles. The summed E-state index contributed by atoms with van der Waals surface area (Å²) in [5.41, 5.74) is 0.806. The highest BCUT2D eigenvalue weighted by atomic mass is 32.2. The van der Waals surface area contributed by atoms with Gasteiger partial charge in [-0.15, -0.1) is 0 Å². The molecule has 20 heavy (non-hydrogen) atoms. The minimum Gasteiger partial charge on any atom is -0.463 e. The van der Waals surface area contributed by atoms with Gasteiger partial charge in [0.15, 0.2) is 0 Å². The number of rotatable bonds is 6. The van der Waals surface area contributed by atoms with E-state index in [-0.39, 0.29) is 4.90 Å². The molecule has 0 saturated heterocycles. The van der Waals surface area contributed by atoms with Gasteiger partial charge in [-0.3, -0.25) is 0 Å². The van der Waals surface area contributed by atoms with Crippen molar-refractivity contribution < 1.29 is 12.8 Å². The van der Waals surface area contributed by atoms with Crippen molar-refractivity contribution in [1.29, 1.82) is 0 Å². The molecule has 0 bridgehead atoms. The van der Waals surface area contributed by atoms with Gasteiger partial charge in [0.2, 0.25) is 10.0 Å². The molecule has 0 saturated carbocycles. The molecule has 2 aromatic rings. The number of sulfonamides is 1. The minimum atomic E-state index is -3.64. The molecule has 108 valence electrons. The lowest BCUT2D eigenvalue weighted by atomic mass is 10.3. The normalized spacial score (nSPS) is 11.5. The Bertz CT molecular complexity index is 663. The molecule has 0 aliphatic carbocycles. The molecule has 3 N–H and O–H groups in total. The van der Waals surface area contributed by atoms with Gasteiger partial charge in [-0.1, -0.05) is 0 Å². The number of hydrogen-bond acceptors (Lipinski definition) is 5. The van der Waals surface area contributed by atoms with Crippen LogP contribution in [0.4, 0.5) is 5.69 Å². The van der Waals surface area contributed by atoms with E-state index in [0.29, 0.717) is 6.54 Å². The van der Waals surface area contributed by atoms with Gasteiger partial charge in [-0.05, 0) is 42.7 Å². The van der Waals surface area contributed by atoms with Crippen molar-refractivity contribution >= 4 is 27.5 Å². The zero-order valence-corrected chi connectivity index (χ0v) is 12.6. The molecular weight excluding hydrogens is 296 g/mol. The fourth-order valence-corrected chi connectivity index (χ4v) is 2.64. The van der Waals surface area contributed by atoms with Gasteiger partial charge in [-0.2, -0.15) is 11.8 Å². The average molecular weight is 312 g/mol. The van der Waals surface area contributed by atoms with Crippen LogP contribution in [0.2, 0.25) is 0 Å². The second-order valence-corrected chi connectivity index (χ2v) is 6.65. The van der Waals surface area contributed by atoms with Crippen molar-refractivity contribution in [3.8, 4) is 0 Å². The van der Waals surface area contributed by atoms with Crippen LogP contribution in [0.15, 0.2) is 45.7 Å². The zero-order valence-electron chi connectivity index (χ0n) is 11.0. The minimum absolute atomic E-state index is 0.100. The van der Waals surface area contributed by atoms with Gasteiger partial charge in [-0.25, -0.2) is 13.6 Å². The first-order chi connectivity index (χ1) is 9.49. The van der Waals surface area contributed by atoms with E-state index < -0.39 is 10.0 Å². The molecule has 1 heterocycles. The van der Waals surface area contributed by atoms with Gasteiger partial charge in [0, 0.05) is 5.69 Å². The summed E-state index contributed by atoms with van der Waals surface area (Å²) < 4.78 is 27.9. The second-order valence-electron chi connectivity index (χ2n) is 4.22. The summed E-state index contributed by atoms with van der Waals surface area (Å²) in [5, 5.41) is 8.20. The zero-order chi connectivity index (χ0) is 14.6. The summed E-state index contributed by atoms with van der Waals surface area (Å²) >= 11 is 1.70. The van der Waals surface area contributed by atoms with E-state index in [1.165, 1.54) is 12.1 Å². The SMILES string of the molecule is CSCc1ccc(CNc2ccc(S(N)(=O)=O)cc2)o1. The first kappa shape index (κ1) is 15.0. The summed E-state index contributed by atoms with van der Waals surface area (Å²) in [7, 11) is -3.64. The lowest BCUT2D eigenvalue weighted by Gasteiger charge is -2.05. The predicted molar refractivity (Wildman–Crippen MR) is 81.1 cm³/mol. The molecule has 0 aliphatic rings. The molecule has 0 atom stereocenters. The van der Waals surface area contributed by atoms with Crippen LogP contribution in [0.5, 0.6) is 0 Å². The molecule has 0 aliphatic heterocycles. The van der Waals surface area contributed by atoms with Crippen LogP contribution in [0, 0.1) is 0 Å². The highest BCUT2D eigenvalue weighted by Crippen LogP contribution is 2.16. The van der Waals surface area contributed by atoms with E-state index in [1.54, 1.807) is 23.9 Å². The molecule has 1 aromatic carbocycles. The largest absolute Gasteiger partial charge is 0.463 e. The van der Waals surface area contributed by atoms with Gasteiger partial charge < -0.3 is 9.73 Å². The predicted octanol–water partition coefficient (Wildman–Crippen LogP) is 2.40. The summed E-state index contributed by atoms with van der Waals surface area (Å²) in [6, 6.07) is 10.2. The Morgan fingerprint density at radius 1 is 1.15 bits per heavy atom. The van der Waals surface area contributed by atoms with E-state index in [9.17, 15) is 8.42 Å². The van der Waals surface area contributed by atoms with Crippen molar-refractivity contribution in [3.63, 3.8) is 0 Å². The first-order valence-corrected chi connectivity index (χ1v) is 8.86. The Labute approximate surface area is 122 Å². The number of anilines is 1. The van der Waals surface area contributed by atoms with Crippen molar-refractivity contribution in [3.05, 3.63) is 47.9 Å². The maximum Gasteiger partial charge on any atom is 0.238 e. The lowest BCUT2D eigenvalue weighted by Crippen LogP contribution is -2.11. The van der Waals surface area contributed by atoms with Crippen molar-refractivity contribution in [2.45, 2.75) is 17.2 Å². The van der Waals surface area contributed by atoms with Crippen molar-refractivity contribution in [1.82, 2.24) is 0 Å². The fraction of sp³-hybridized carbons (Fsp3) is 0.231. The average Bonchev–Trinajstić information content (AvgIpc) is 2.84. The Morgan fingerprint density at radius 3 is 2.40 bits per heavy atom. The Morgan fingerprint density at radius 2 is 1.80 bits per heavy atom. The quantitative estimate of drug-likeness (QED) is 0.855. The van der Waals surface area contributed by atoms with Gasteiger partial charge in [0.25, 0.3) is 0 Å². The molecule has 0 fully saturated rings. The van der Waals surface area contributed by atoms with E-state index in [0.717, 1.165) is 23.0 Å². The second kappa shape index (κ2) is 6.34. The summed E-state index contributed by atoms with van der Waals surface area (Å²) in [4.78, 5) is 0.100. The van der Waals surface area contributed by atoms with E-state index in [2.05, 4.69) is 5.32 Å². The molecule has 0 spiro atoms. The number of hydrogen-bond donors (Lipinski definition) is 2. The van der Waals surface area contributed by atoms with E-state index in [1.807, 2.05) is 18.4 Å². The molecule has 5 nitrogen and oxygen atoms in total. The molecular formula is C13H16N2O3S2. The van der Waals surface area contributed by atoms with Crippen LogP contribution < -0.4 is 10.5 Å². The van der Waals surface area contributed by atoms with Crippen LogP contribution in [-0.2, 0) is 22.3 Å². The third-order valence-corrected chi connectivity index (χ3v) is 4.16. The van der Waals surface area contributed by atoms with E-state index in [4.69, 9.17) is 9.56 Å². The van der Waals surface area contributed by atoms with Crippen LogP contribution in [0.1, 0.15) is 11.5 Å². The molecule has 0 unspecified atom stereocenters. The smallest absolute Gasteiger partial charge is 0.238 e. The Balaban J connectivity index is 1.96. The Kier molecular flexibility index (Phi) is 4.74. The monoisotopic (exact) mass is 312 g/mol. The highest BCUT2D eigenvalue weighted by molar-refractivity contribution is 7.97. The number of nitrogens with two attached hydrogens (primary N) is 1. The van der Waals surface area contributed by atoms with Gasteiger partial charge >= 0.3 is 0 Å². The molecule has 0 radical (unpaired) electrons. The van der Waals surface area contributed by atoms with Crippen molar-refractivity contribution in [2.75, 3.05) is 11.6 Å². The van der Waals surface area contributed by atoms with E-state index >= 15 is 0 Å². The third kappa shape index (κ3) is 4.03. The molecule has 7 heteroatoms. The number of furan rings is 1. The third-order valence-electron chi connectivity index (χ3n) is 2.65. The summed E-state index contributed by atoms with van der Waals surface area (Å²) in [5.74, 6) is 2.63. The number of benzene rings is 1. The van der Waals surface area contributed by atoms with Crippen LogP contribution in [0.25, 0.3) is 0 Å². The number of nitrogens with one attached hydrogen (secondary N) is 1. The number of thioether (sulfide) groups is 1. The first-order valence-electron chi connectivity index (χ1n) is 5.92.